The van der Waals surface area contributed by atoms with Gasteiger partial charge in [-0.2, -0.15) is 0 Å². The van der Waals surface area contributed by atoms with Gasteiger partial charge in [0.1, 0.15) is 5.75 Å². The SMILES string of the molecule is C=C[C@@H]1C[C@@H]1C(=O)NSOc1ccccc1. The van der Waals surface area contributed by atoms with Crippen molar-refractivity contribution in [1.82, 2.24) is 4.72 Å². The van der Waals surface area contributed by atoms with Gasteiger partial charge in [-0.25, -0.2) is 0 Å². The minimum atomic E-state index is 0.0193. The lowest BCUT2D eigenvalue weighted by molar-refractivity contribution is -0.120. The Kier molecular flexibility index (Phi) is 3.51. The van der Waals surface area contributed by atoms with Crippen molar-refractivity contribution < 1.29 is 8.98 Å². The first-order chi connectivity index (χ1) is 7.81. The van der Waals surface area contributed by atoms with Crippen molar-refractivity contribution in [3.63, 3.8) is 0 Å². The molecule has 1 aromatic rings. The third-order valence-corrected chi connectivity index (χ3v) is 3.06. The Labute approximate surface area is 99.2 Å². The number of carbonyl (C=O) groups is 1. The van der Waals surface area contributed by atoms with Gasteiger partial charge in [0.15, 0.2) is 12.2 Å². The number of para-hydroxylation sites is 1. The molecule has 1 aliphatic rings. The summed E-state index contributed by atoms with van der Waals surface area (Å²) in [4.78, 5) is 11.5. The van der Waals surface area contributed by atoms with Crippen LogP contribution in [-0.2, 0) is 4.79 Å². The third kappa shape index (κ3) is 2.79. The highest BCUT2D eigenvalue weighted by atomic mass is 32.2. The zero-order valence-electron chi connectivity index (χ0n) is 8.76. The lowest BCUT2D eigenvalue weighted by Gasteiger charge is -2.04. The van der Waals surface area contributed by atoms with Gasteiger partial charge < -0.3 is 4.18 Å². The van der Waals surface area contributed by atoms with E-state index < -0.39 is 0 Å². The fourth-order valence-corrected chi connectivity index (χ4v) is 1.92. The number of hydrogen-bond acceptors (Lipinski definition) is 3. The monoisotopic (exact) mass is 235 g/mol. The molecule has 0 unspecified atom stereocenters. The van der Waals surface area contributed by atoms with Crippen LogP contribution in [0.3, 0.4) is 0 Å². The number of nitrogens with one attached hydrogen (secondary N) is 1. The maximum absolute atomic E-state index is 11.5. The van der Waals surface area contributed by atoms with Crippen LogP contribution in [0.1, 0.15) is 6.42 Å². The summed E-state index contributed by atoms with van der Waals surface area (Å²) in [6, 6.07) is 9.35. The van der Waals surface area contributed by atoms with Crippen LogP contribution in [0.4, 0.5) is 0 Å². The van der Waals surface area contributed by atoms with E-state index >= 15 is 0 Å². The minimum Gasteiger partial charge on any atom is -0.405 e. The molecule has 0 aromatic heterocycles. The molecule has 0 radical (unpaired) electrons. The van der Waals surface area contributed by atoms with E-state index in [1.807, 2.05) is 36.4 Å². The predicted octanol–water partition coefficient (Wildman–Crippen LogP) is 2.57. The van der Waals surface area contributed by atoms with Crippen LogP contribution in [0.5, 0.6) is 5.75 Å². The number of allylic oxidation sites excluding steroid dienone is 1. The topological polar surface area (TPSA) is 38.3 Å². The molecular formula is C12H13NO2S. The molecule has 0 bridgehead atoms. The maximum atomic E-state index is 11.5. The van der Waals surface area contributed by atoms with Crippen LogP contribution >= 0.6 is 12.2 Å². The average Bonchev–Trinajstić information content (AvgIpc) is 3.09. The molecule has 0 saturated heterocycles. The van der Waals surface area contributed by atoms with Gasteiger partial charge in [0, 0.05) is 5.92 Å². The molecule has 4 heteroatoms. The Bertz CT molecular complexity index is 380. The third-order valence-electron chi connectivity index (χ3n) is 2.50. The van der Waals surface area contributed by atoms with Crippen LogP contribution < -0.4 is 8.91 Å². The molecule has 1 fully saturated rings. The summed E-state index contributed by atoms with van der Waals surface area (Å²) in [7, 11) is 0. The second kappa shape index (κ2) is 5.07. The Morgan fingerprint density at radius 2 is 2.25 bits per heavy atom. The summed E-state index contributed by atoms with van der Waals surface area (Å²) in [6.07, 6.45) is 2.73. The lowest BCUT2D eigenvalue weighted by Crippen LogP contribution is -2.19. The summed E-state index contributed by atoms with van der Waals surface area (Å²) in [6.45, 7) is 3.67. The van der Waals surface area contributed by atoms with Crippen LogP contribution in [0.15, 0.2) is 43.0 Å². The first kappa shape index (κ1) is 11.1. The van der Waals surface area contributed by atoms with Gasteiger partial charge in [-0.05, 0) is 24.5 Å². The van der Waals surface area contributed by atoms with Gasteiger partial charge in [0.2, 0.25) is 5.91 Å². The first-order valence-electron chi connectivity index (χ1n) is 5.12. The zero-order valence-corrected chi connectivity index (χ0v) is 9.57. The van der Waals surface area contributed by atoms with E-state index in [9.17, 15) is 4.79 Å². The minimum absolute atomic E-state index is 0.0193. The quantitative estimate of drug-likeness (QED) is 0.484. The Balaban J connectivity index is 1.69. The van der Waals surface area contributed by atoms with E-state index in [1.54, 1.807) is 0 Å². The summed E-state index contributed by atoms with van der Waals surface area (Å²) >= 11 is 0.961. The molecule has 84 valence electrons. The molecule has 0 spiro atoms. The summed E-state index contributed by atoms with van der Waals surface area (Å²) in [5.41, 5.74) is 0. The second-order valence-corrected chi connectivity index (χ2v) is 4.23. The van der Waals surface area contributed by atoms with Gasteiger partial charge in [-0.15, -0.1) is 6.58 Å². The van der Waals surface area contributed by atoms with E-state index in [2.05, 4.69) is 11.3 Å². The van der Waals surface area contributed by atoms with E-state index in [1.165, 1.54) is 0 Å². The van der Waals surface area contributed by atoms with Gasteiger partial charge in [-0.1, -0.05) is 24.3 Å². The number of hydrogen-bond donors (Lipinski definition) is 1. The van der Waals surface area contributed by atoms with Gasteiger partial charge in [0.05, 0.1) is 0 Å². The van der Waals surface area contributed by atoms with Gasteiger partial charge in [-0.3, -0.25) is 9.52 Å². The van der Waals surface area contributed by atoms with Crippen molar-refractivity contribution in [3.05, 3.63) is 43.0 Å². The molecule has 1 aliphatic carbocycles. The molecular weight excluding hydrogens is 222 g/mol. The van der Waals surface area contributed by atoms with Crippen LogP contribution in [0.25, 0.3) is 0 Å². The normalized spacial score (nSPS) is 22.2. The summed E-state index contributed by atoms with van der Waals surface area (Å²) in [5.74, 6) is 1.18. The molecule has 1 aromatic carbocycles. The fraction of sp³-hybridized carbons (Fsp3) is 0.250. The molecule has 0 heterocycles. The molecule has 3 nitrogen and oxygen atoms in total. The number of rotatable bonds is 5. The summed E-state index contributed by atoms with van der Waals surface area (Å²) in [5, 5.41) is 0. The zero-order chi connectivity index (χ0) is 11.4. The van der Waals surface area contributed by atoms with Crippen molar-refractivity contribution in [3.8, 4) is 5.75 Å². The molecule has 0 aliphatic heterocycles. The molecule has 1 amide bonds. The van der Waals surface area contributed by atoms with Crippen molar-refractivity contribution >= 4 is 18.1 Å². The molecule has 1 N–H and O–H groups in total. The first-order valence-corrected chi connectivity index (χ1v) is 5.86. The maximum Gasteiger partial charge on any atom is 0.236 e. The van der Waals surface area contributed by atoms with Crippen molar-refractivity contribution in [2.45, 2.75) is 6.42 Å². The van der Waals surface area contributed by atoms with E-state index in [0.29, 0.717) is 5.92 Å². The highest BCUT2D eigenvalue weighted by Gasteiger charge is 2.40. The van der Waals surface area contributed by atoms with Crippen LogP contribution in [0, 0.1) is 11.8 Å². The number of carbonyl (C=O) groups excluding carboxylic acids is 1. The molecule has 1 saturated carbocycles. The molecule has 16 heavy (non-hydrogen) atoms. The van der Waals surface area contributed by atoms with Gasteiger partial charge in [0.25, 0.3) is 0 Å². The van der Waals surface area contributed by atoms with Gasteiger partial charge >= 0.3 is 0 Å². The van der Waals surface area contributed by atoms with Crippen molar-refractivity contribution in [2.24, 2.45) is 11.8 Å². The Morgan fingerprint density at radius 1 is 1.50 bits per heavy atom. The van der Waals surface area contributed by atoms with Crippen LogP contribution in [0.2, 0.25) is 0 Å². The smallest absolute Gasteiger partial charge is 0.236 e. The second-order valence-electron chi connectivity index (χ2n) is 3.69. The Hall–Kier alpha value is -1.42. The predicted molar refractivity (Wildman–Crippen MR) is 64.6 cm³/mol. The van der Waals surface area contributed by atoms with E-state index in [0.717, 1.165) is 24.4 Å². The highest BCUT2D eigenvalue weighted by molar-refractivity contribution is 7.93. The number of amides is 1. The Morgan fingerprint density at radius 3 is 2.88 bits per heavy atom. The lowest BCUT2D eigenvalue weighted by atomic mass is 10.3. The highest BCUT2D eigenvalue weighted by Crippen LogP contribution is 2.39. The van der Waals surface area contributed by atoms with Crippen LogP contribution in [-0.4, -0.2) is 5.91 Å². The van der Waals surface area contributed by atoms with Crippen molar-refractivity contribution in [2.75, 3.05) is 0 Å². The molecule has 2 atom stereocenters. The largest absolute Gasteiger partial charge is 0.405 e. The molecule has 2 rings (SSSR count). The van der Waals surface area contributed by atoms with Crippen molar-refractivity contribution in [1.29, 1.82) is 0 Å². The summed E-state index contributed by atoms with van der Waals surface area (Å²) < 4.78 is 7.95. The number of benzene rings is 1. The fourth-order valence-electron chi connectivity index (χ4n) is 1.44. The average molecular weight is 235 g/mol. The van der Waals surface area contributed by atoms with E-state index in [-0.39, 0.29) is 11.8 Å². The standard InChI is InChI=1S/C12H13NO2S/c1-2-9-8-11(9)12(14)13-16-15-10-6-4-3-5-7-10/h2-7,9,11H,1,8H2,(H,13,14)/t9-,11+/m1/s1. The van der Waals surface area contributed by atoms with E-state index in [4.69, 9.17) is 4.18 Å².